The number of nitrogens with zero attached hydrogens (tertiary/aromatic N) is 4. The molecule has 164 valence electrons. The van der Waals surface area contributed by atoms with Crippen LogP contribution in [0.3, 0.4) is 0 Å². The van der Waals surface area contributed by atoms with Gasteiger partial charge in [0.05, 0.1) is 28.2 Å². The van der Waals surface area contributed by atoms with Crippen molar-refractivity contribution in [3.05, 3.63) is 77.4 Å². The smallest absolute Gasteiger partial charge is 0.182 e. The Kier molecular flexibility index (Phi) is 6.11. The second kappa shape index (κ2) is 8.97. The summed E-state index contributed by atoms with van der Waals surface area (Å²) in [6.07, 6.45) is 3.27. The van der Waals surface area contributed by atoms with Crippen LogP contribution in [0.15, 0.2) is 76.9 Å². The summed E-state index contributed by atoms with van der Waals surface area (Å²) in [7, 11) is -3.48. The maximum absolute atomic E-state index is 12.8. The van der Waals surface area contributed by atoms with Crippen LogP contribution in [0.5, 0.6) is 0 Å². The summed E-state index contributed by atoms with van der Waals surface area (Å²) < 4.78 is 27.2. The lowest BCUT2D eigenvalue weighted by molar-refractivity contribution is 0.588. The summed E-state index contributed by atoms with van der Waals surface area (Å²) in [5, 5.41) is 11.8. The fraction of sp³-hybridized carbons (Fsp3) is 0.136. The molecule has 0 radical (unpaired) electrons. The molecule has 4 aromatic rings. The molecule has 2 N–H and O–H groups in total. The highest BCUT2D eigenvalue weighted by Gasteiger charge is 2.23. The van der Waals surface area contributed by atoms with E-state index in [-0.39, 0.29) is 4.90 Å². The predicted octanol–water partition coefficient (Wildman–Crippen LogP) is 4.75. The van der Waals surface area contributed by atoms with Crippen molar-refractivity contribution in [1.29, 1.82) is 0 Å². The van der Waals surface area contributed by atoms with Gasteiger partial charge in [-0.25, -0.2) is 13.4 Å². The third-order valence-corrected chi connectivity index (χ3v) is 7.16. The Bertz CT molecular complexity index is 1380. The number of aromatic nitrogens is 3. The molecule has 2 heterocycles. The molecule has 8 nitrogen and oxygen atoms in total. The molecular weight excluding hydrogens is 448 g/mol. The van der Waals surface area contributed by atoms with Gasteiger partial charge in [0.25, 0.3) is 0 Å². The largest absolute Gasteiger partial charge is 0.339 e. The van der Waals surface area contributed by atoms with Crippen LogP contribution in [-0.2, 0) is 9.84 Å². The first kappa shape index (κ1) is 21.8. The van der Waals surface area contributed by atoms with E-state index in [0.717, 1.165) is 5.56 Å². The third kappa shape index (κ3) is 4.58. The molecule has 4 rings (SSSR count). The fourth-order valence-corrected chi connectivity index (χ4v) is 4.32. The predicted molar refractivity (Wildman–Crippen MR) is 128 cm³/mol. The van der Waals surface area contributed by atoms with Crippen LogP contribution in [-0.4, -0.2) is 34.5 Å². The van der Waals surface area contributed by atoms with E-state index in [1.54, 1.807) is 79.3 Å². The minimum absolute atomic E-state index is 0.224. The molecule has 0 amide bonds. The Hall–Kier alpha value is -3.43. The normalized spacial score (nSPS) is 12.0. The van der Waals surface area contributed by atoms with E-state index in [0.29, 0.717) is 28.0 Å². The van der Waals surface area contributed by atoms with Gasteiger partial charge in [-0.15, -0.1) is 0 Å². The van der Waals surface area contributed by atoms with E-state index in [1.807, 2.05) is 12.1 Å². The topological polar surface area (TPSA) is 101 Å². The van der Waals surface area contributed by atoms with Crippen LogP contribution in [0, 0.1) is 0 Å². The number of para-hydroxylation sites is 1. The fourth-order valence-electron chi connectivity index (χ4n) is 2.99. The first-order valence-corrected chi connectivity index (χ1v) is 11.8. The maximum atomic E-state index is 12.8. The minimum atomic E-state index is -3.48. The van der Waals surface area contributed by atoms with Crippen molar-refractivity contribution in [2.75, 3.05) is 10.7 Å². The maximum Gasteiger partial charge on any atom is 0.182 e. The van der Waals surface area contributed by atoms with E-state index in [1.165, 1.54) is 0 Å². The van der Waals surface area contributed by atoms with E-state index < -0.39 is 15.1 Å². The highest BCUT2D eigenvalue weighted by Crippen LogP contribution is 2.28. The van der Waals surface area contributed by atoms with Gasteiger partial charge in [-0.1, -0.05) is 35.9 Å². The van der Waals surface area contributed by atoms with E-state index in [4.69, 9.17) is 11.6 Å². The molecule has 2 aromatic heterocycles. The average molecular weight is 469 g/mol. The zero-order valence-corrected chi connectivity index (χ0v) is 19.0. The summed E-state index contributed by atoms with van der Waals surface area (Å²) in [4.78, 5) is 4.70. The summed E-state index contributed by atoms with van der Waals surface area (Å²) in [5.41, 5.74) is 4.81. The Balaban J connectivity index is 1.66. The Morgan fingerprint density at radius 1 is 1.09 bits per heavy atom. The number of anilines is 3. The number of hydrogen-bond acceptors (Lipinski definition) is 7. The molecule has 0 saturated heterocycles. The molecular formula is C22H21ClN6O2S. The molecule has 0 aliphatic rings. The van der Waals surface area contributed by atoms with Crippen LogP contribution in [0.4, 0.5) is 17.3 Å². The Labute approximate surface area is 190 Å². The van der Waals surface area contributed by atoms with Gasteiger partial charge < -0.3 is 5.32 Å². The molecule has 10 heteroatoms. The first-order chi connectivity index (χ1) is 15.3. The van der Waals surface area contributed by atoms with Crippen LogP contribution in [0.25, 0.3) is 5.65 Å². The molecule has 0 aliphatic heterocycles. The number of hydrazone groups is 1. The molecule has 2 aromatic carbocycles. The van der Waals surface area contributed by atoms with Crippen LogP contribution in [0.2, 0.25) is 5.02 Å². The quantitative estimate of drug-likeness (QED) is 0.299. The second-order valence-corrected chi connectivity index (χ2v) is 10.2. The minimum Gasteiger partial charge on any atom is -0.339 e. The molecule has 0 fully saturated rings. The van der Waals surface area contributed by atoms with Crippen molar-refractivity contribution in [3.8, 4) is 0 Å². The van der Waals surface area contributed by atoms with Gasteiger partial charge in [0.1, 0.15) is 5.82 Å². The van der Waals surface area contributed by atoms with Gasteiger partial charge in [-0.3, -0.25) is 5.43 Å². The van der Waals surface area contributed by atoms with Gasteiger partial charge in [-0.2, -0.15) is 14.7 Å². The van der Waals surface area contributed by atoms with Crippen LogP contribution >= 0.6 is 11.6 Å². The SMILES string of the molecule is CC(C)S(=O)(=O)c1ccccc1Nc1cc(N/N=C/c2ccc(Cl)cc2)nc2ccnn12. The first-order valence-electron chi connectivity index (χ1n) is 9.84. The number of sulfone groups is 1. The molecule has 0 aliphatic carbocycles. The van der Waals surface area contributed by atoms with Gasteiger partial charge in [0.15, 0.2) is 21.3 Å². The summed E-state index contributed by atoms with van der Waals surface area (Å²) >= 11 is 5.90. The molecule has 0 saturated carbocycles. The zero-order valence-electron chi connectivity index (χ0n) is 17.4. The average Bonchev–Trinajstić information content (AvgIpc) is 3.24. The second-order valence-electron chi connectivity index (χ2n) is 7.26. The molecule has 0 bridgehead atoms. The molecule has 0 spiro atoms. The van der Waals surface area contributed by atoms with Crippen molar-refractivity contribution in [2.45, 2.75) is 24.0 Å². The van der Waals surface area contributed by atoms with E-state index >= 15 is 0 Å². The van der Waals surface area contributed by atoms with Gasteiger partial charge in [0, 0.05) is 17.2 Å². The molecule has 0 atom stereocenters. The van der Waals surface area contributed by atoms with E-state index in [2.05, 4.69) is 25.9 Å². The highest BCUT2D eigenvalue weighted by molar-refractivity contribution is 7.92. The number of halogens is 1. The van der Waals surface area contributed by atoms with Gasteiger partial charge in [-0.05, 0) is 43.7 Å². The highest BCUT2D eigenvalue weighted by atomic mass is 35.5. The Morgan fingerprint density at radius 3 is 2.59 bits per heavy atom. The lowest BCUT2D eigenvalue weighted by atomic mass is 10.2. The molecule has 0 unspecified atom stereocenters. The van der Waals surface area contributed by atoms with Gasteiger partial charge in [0.2, 0.25) is 0 Å². The lowest BCUT2D eigenvalue weighted by Gasteiger charge is -2.15. The van der Waals surface area contributed by atoms with Crippen molar-refractivity contribution >= 4 is 50.6 Å². The summed E-state index contributed by atoms with van der Waals surface area (Å²) in [5.74, 6) is 1.01. The van der Waals surface area contributed by atoms with Crippen molar-refractivity contribution < 1.29 is 8.42 Å². The van der Waals surface area contributed by atoms with Crippen molar-refractivity contribution in [3.63, 3.8) is 0 Å². The standard InChI is InChI=1S/C22H21ClN6O2S/c1-15(2)32(30,31)19-6-4-3-5-18(19)26-22-13-20(27-21-11-12-25-29(21)22)28-24-14-16-7-9-17(23)10-8-16/h3-15,26H,1-2H3,(H,27,28)/b24-14+. The monoisotopic (exact) mass is 468 g/mol. The van der Waals surface area contributed by atoms with Crippen LogP contribution < -0.4 is 10.7 Å². The lowest BCUT2D eigenvalue weighted by Crippen LogP contribution is -2.16. The number of rotatable bonds is 7. The molecule has 32 heavy (non-hydrogen) atoms. The zero-order chi connectivity index (χ0) is 22.7. The number of benzene rings is 2. The van der Waals surface area contributed by atoms with Crippen LogP contribution in [0.1, 0.15) is 19.4 Å². The summed E-state index contributed by atoms with van der Waals surface area (Å²) in [6.45, 7) is 3.32. The number of hydrogen-bond donors (Lipinski definition) is 2. The third-order valence-electron chi connectivity index (χ3n) is 4.70. The Morgan fingerprint density at radius 2 is 1.84 bits per heavy atom. The summed E-state index contributed by atoms with van der Waals surface area (Å²) in [6, 6.07) is 17.5. The van der Waals surface area contributed by atoms with Gasteiger partial charge >= 0.3 is 0 Å². The van der Waals surface area contributed by atoms with E-state index in [9.17, 15) is 8.42 Å². The van der Waals surface area contributed by atoms with Crippen molar-refractivity contribution in [2.24, 2.45) is 5.10 Å². The number of fused-ring (bicyclic) bond motifs is 1. The van der Waals surface area contributed by atoms with Crippen molar-refractivity contribution in [1.82, 2.24) is 14.6 Å². The number of nitrogens with one attached hydrogen (secondary N) is 2.